The van der Waals surface area contributed by atoms with Gasteiger partial charge in [0.05, 0.1) is 10.6 Å². The number of hydrogen-bond acceptors (Lipinski definition) is 3. The van der Waals surface area contributed by atoms with Crippen molar-refractivity contribution < 1.29 is 9.53 Å². The van der Waals surface area contributed by atoms with Crippen molar-refractivity contribution in [3.8, 4) is 11.5 Å². The van der Waals surface area contributed by atoms with E-state index in [1.54, 1.807) is 11.3 Å². The Balaban J connectivity index is 1.64. The van der Waals surface area contributed by atoms with Crippen LogP contribution in [0.4, 0.5) is 5.69 Å². The van der Waals surface area contributed by atoms with Gasteiger partial charge >= 0.3 is 0 Å². The summed E-state index contributed by atoms with van der Waals surface area (Å²) in [6, 6.07) is 25.3. The summed E-state index contributed by atoms with van der Waals surface area (Å²) in [5, 5.41) is 4.23. The fourth-order valence-corrected chi connectivity index (χ4v) is 4.38. The van der Waals surface area contributed by atoms with E-state index in [-0.39, 0.29) is 5.91 Å². The molecule has 1 N–H and O–H groups in total. The molecule has 0 aliphatic heterocycles. The third-order valence-electron chi connectivity index (χ3n) is 4.51. The zero-order chi connectivity index (χ0) is 19.3. The number of ether oxygens (including phenoxy) is 1. The monoisotopic (exact) mass is 387 g/mol. The number of nitrogens with one attached hydrogen (secondary N) is 1. The number of aryl methyl sites for hydroxylation is 1. The van der Waals surface area contributed by atoms with E-state index in [2.05, 4.69) is 24.4 Å². The molecular weight excluding hydrogens is 366 g/mol. The molecule has 1 heterocycles. The van der Waals surface area contributed by atoms with Crippen molar-refractivity contribution >= 4 is 33.0 Å². The van der Waals surface area contributed by atoms with E-state index in [9.17, 15) is 4.79 Å². The molecule has 3 aromatic carbocycles. The average molecular weight is 388 g/mol. The van der Waals surface area contributed by atoms with Crippen LogP contribution in [0.25, 0.3) is 10.1 Å². The fraction of sp³-hybridized carbons (Fsp3) is 0.125. The van der Waals surface area contributed by atoms with Crippen molar-refractivity contribution in [2.75, 3.05) is 5.32 Å². The maximum Gasteiger partial charge on any atom is 0.266 e. The maximum atomic E-state index is 13.1. The topological polar surface area (TPSA) is 38.3 Å². The molecule has 140 valence electrons. The highest BCUT2D eigenvalue weighted by molar-refractivity contribution is 7.21. The normalized spacial score (nSPS) is 10.8. The fourth-order valence-electron chi connectivity index (χ4n) is 3.23. The summed E-state index contributed by atoms with van der Waals surface area (Å²) in [6.07, 6.45) is 1.88. The van der Waals surface area contributed by atoms with Crippen molar-refractivity contribution in [1.82, 2.24) is 0 Å². The Morgan fingerprint density at radius 1 is 0.929 bits per heavy atom. The molecule has 0 saturated heterocycles. The quantitative estimate of drug-likeness (QED) is 0.391. The van der Waals surface area contributed by atoms with E-state index in [4.69, 9.17) is 4.74 Å². The van der Waals surface area contributed by atoms with Crippen LogP contribution in [-0.2, 0) is 6.42 Å². The molecule has 0 aliphatic rings. The summed E-state index contributed by atoms with van der Waals surface area (Å²) < 4.78 is 7.12. The second kappa shape index (κ2) is 8.28. The Hall–Kier alpha value is -3.11. The standard InChI is InChI=1S/C24H21NO2S/c1-2-10-19-18-13-6-9-16-22(18)28-23(19)24(26)25-20-14-7-8-15-21(20)27-17-11-4-3-5-12-17/h3-9,11-16H,2,10H2,1H3,(H,25,26). The highest BCUT2D eigenvalue weighted by Crippen LogP contribution is 2.34. The molecule has 0 atom stereocenters. The van der Waals surface area contributed by atoms with Crippen molar-refractivity contribution in [2.45, 2.75) is 19.8 Å². The summed E-state index contributed by atoms with van der Waals surface area (Å²) in [7, 11) is 0. The van der Waals surface area contributed by atoms with Crippen LogP contribution in [0.15, 0.2) is 78.9 Å². The van der Waals surface area contributed by atoms with Crippen LogP contribution in [0, 0.1) is 0 Å². The van der Waals surface area contributed by atoms with Crippen molar-refractivity contribution in [2.24, 2.45) is 0 Å². The first-order chi connectivity index (χ1) is 13.8. The average Bonchev–Trinajstić information content (AvgIpc) is 3.09. The van der Waals surface area contributed by atoms with Gasteiger partial charge in [-0.3, -0.25) is 4.79 Å². The number of amides is 1. The molecule has 4 aromatic rings. The molecular formula is C24H21NO2S. The summed E-state index contributed by atoms with van der Waals surface area (Å²) in [5.41, 5.74) is 1.79. The molecule has 4 rings (SSSR count). The highest BCUT2D eigenvalue weighted by Gasteiger charge is 2.19. The third kappa shape index (κ3) is 3.78. The molecule has 0 unspecified atom stereocenters. The zero-order valence-corrected chi connectivity index (χ0v) is 16.5. The molecule has 0 spiro atoms. The number of carbonyl (C=O) groups excluding carboxylic acids is 1. The molecule has 0 bridgehead atoms. The Bertz CT molecular complexity index is 1100. The molecule has 0 fully saturated rings. The number of anilines is 1. The number of carbonyl (C=O) groups is 1. The second-order valence-electron chi connectivity index (χ2n) is 6.52. The Kier molecular flexibility index (Phi) is 5.40. The van der Waals surface area contributed by atoms with Gasteiger partial charge in [0, 0.05) is 4.70 Å². The van der Waals surface area contributed by atoms with Crippen LogP contribution >= 0.6 is 11.3 Å². The molecule has 4 heteroatoms. The predicted octanol–water partition coefficient (Wildman–Crippen LogP) is 6.90. The molecule has 0 radical (unpaired) electrons. The summed E-state index contributed by atoms with van der Waals surface area (Å²) in [4.78, 5) is 13.9. The van der Waals surface area contributed by atoms with Gasteiger partial charge in [-0.05, 0) is 47.7 Å². The SMILES string of the molecule is CCCc1c(C(=O)Nc2ccccc2Oc2ccccc2)sc2ccccc12. The van der Waals surface area contributed by atoms with Crippen LogP contribution in [0.2, 0.25) is 0 Å². The molecule has 1 amide bonds. The second-order valence-corrected chi connectivity index (χ2v) is 7.57. The van der Waals surface area contributed by atoms with Crippen molar-refractivity contribution in [3.05, 3.63) is 89.3 Å². The van der Waals surface area contributed by atoms with Gasteiger partial charge in [0.15, 0.2) is 5.75 Å². The van der Waals surface area contributed by atoms with E-state index >= 15 is 0 Å². The Labute approximate surface area is 168 Å². The lowest BCUT2D eigenvalue weighted by molar-refractivity contribution is 0.102. The molecule has 0 aliphatic carbocycles. The van der Waals surface area contributed by atoms with Crippen LogP contribution in [-0.4, -0.2) is 5.91 Å². The van der Waals surface area contributed by atoms with Gasteiger partial charge in [-0.15, -0.1) is 11.3 Å². The molecule has 1 aromatic heterocycles. The van der Waals surface area contributed by atoms with E-state index in [1.165, 1.54) is 5.39 Å². The number of para-hydroxylation sites is 3. The lowest BCUT2D eigenvalue weighted by atomic mass is 10.1. The number of benzene rings is 3. The zero-order valence-electron chi connectivity index (χ0n) is 15.6. The lowest BCUT2D eigenvalue weighted by Gasteiger charge is -2.12. The minimum atomic E-state index is -0.0891. The van der Waals surface area contributed by atoms with Gasteiger partial charge in [-0.2, -0.15) is 0 Å². The van der Waals surface area contributed by atoms with Gasteiger partial charge in [-0.1, -0.05) is 61.9 Å². The predicted molar refractivity (Wildman–Crippen MR) is 117 cm³/mol. The van der Waals surface area contributed by atoms with Gasteiger partial charge < -0.3 is 10.1 Å². The summed E-state index contributed by atoms with van der Waals surface area (Å²) in [5.74, 6) is 1.27. The van der Waals surface area contributed by atoms with Gasteiger partial charge in [-0.25, -0.2) is 0 Å². The first kappa shape index (κ1) is 18.3. The van der Waals surface area contributed by atoms with Gasteiger partial charge in [0.2, 0.25) is 0 Å². The maximum absolute atomic E-state index is 13.1. The van der Waals surface area contributed by atoms with Gasteiger partial charge in [0.1, 0.15) is 5.75 Å². The Morgan fingerprint density at radius 2 is 1.64 bits per heavy atom. The van der Waals surface area contributed by atoms with Crippen LogP contribution in [0.5, 0.6) is 11.5 Å². The first-order valence-electron chi connectivity index (χ1n) is 9.40. The third-order valence-corrected chi connectivity index (χ3v) is 5.72. The minimum Gasteiger partial charge on any atom is -0.455 e. The first-order valence-corrected chi connectivity index (χ1v) is 10.2. The number of fused-ring (bicyclic) bond motifs is 1. The number of hydrogen-bond donors (Lipinski definition) is 1. The van der Waals surface area contributed by atoms with E-state index in [1.807, 2.05) is 66.7 Å². The van der Waals surface area contributed by atoms with E-state index in [0.29, 0.717) is 11.4 Å². The van der Waals surface area contributed by atoms with Crippen molar-refractivity contribution in [3.63, 3.8) is 0 Å². The van der Waals surface area contributed by atoms with Crippen molar-refractivity contribution in [1.29, 1.82) is 0 Å². The van der Waals surface area contributed by atoms with Crippen LogP contribution in [0.1, 0.15) is 28.6 Å². The van der Waals surface area contributed by atoms with Crippen LogP contribution < -0.4 is 10.1 Å². The van der Waals surface area contributed by atoms with E-state index in [0.717, 1.165) is 33.7 Å². The number of rotatable bonds is 6. The lowest BCUT2D eigenvalue weighted by Crippen LogP contribution is -2.12. The number of thiophene rings is 1. The summed E-state index contributed by atoms with van der Waals surface area (Å²) in [6.45, 7) is 2.14. The largest absolute Gasteiger partial charge is 0.455 e. The van der Waals surface area contributed by atoms with Crippen LogP contribution in [0.3, 0.4) is 0 Å². The smallest absolute Gasteiger partial charge is 0.266 e. The molecule has 0 saturated carbocycles. The summed E-state index contributed by atoms with van der Waals surface area (Å²) >= 11 is 1.55. The molecule has 28 heavy (non-hydrogen) atoms. The minimum absolute atomic E-state index is 0.0891. The highest BCUT2D eigenvalue weighted by atomic mass is 32.1. The molecule has 3 nitrogen and oxygen atoms in total. The van der Waals surface area contributed by atoms with E-state index < -0.39 is 0 Å². The van der Waals surface area contributed by atoms with Gasteiger partial charge in [0.25, 0.3) is 5.91 Å². The Morgan fingerprint density at radius 3 is 2.46 bits per heavy atom.